The maximum atomic E-state index is 11.5. The molecule has 4 heteroatoms. The van der Waals surface area contributed by atoms with Gasteiger partial charge in [-0.3, -0.25) is 4.79 Å². The van der Waals surface area contributed by atoms with E-state index in [-0.39, 0.29) is 5.91 Å². The SMILES string of the molecule is O=C(CC1CNC1)NCCc1ccc(Cl)cc1. The summed E-state index contributed by atoms with van der Waals surface area (Å²) < 4.78 is 0. The van der Waals surface area contributed by atoms with E-state index >= 15 is 0 Å². The Hall–Kier alpha value is -1.06. The number of halogens is 1. The van der Waals surface area contributed by atoms with E-state index in [1.54, 1.807) is 0 Å². The van der Waals surface area contributed by atoms with Crippen molar-refractivity contribution in [1.82, 2.24) is 10.6 Å². The second kappa shape index (κ2) is 6.03. The van der Waals surface area contributed by atoms with E-state index in [0.29, 0.717) is 18.9 Å². The fourth-order valence-electron chi connectivity index (χ4n) is 1.82. The lowest BCUT2D eigenvalue weighted by atomic mass is 9.99. The van der Waals surface area contributed by atoms with Gasteiger partial charge in [-0.05, 0) is 43.1 Å². The van der Waals surface area contributed by atoms with E-state index in [0.717, 1.165) is 24.5 Å². The van der Waals surface area contributed by atoms with Crippen molar-refractivity contribution >= 4 is 17.5 Å². The predicted molar refractivity (Wildman–Crippen MR) is 69.1 cm³/mol. The van der Waals surface area contributed by atoms with Gasteiger partial charge in [-0.15, -0.1) is 0 Å². The van der Waals surface area contributed by atoms with Crippen molar-refractivity contribution in [3.05, 3.63) is 34.9 Å². The zero-order chi connectivity index (χ0) is 12.1. The van der Waals surface area contributed by atoms with Crippen molar-refractivity contribution < 1.29 is 4.79 Å². The van der Waals surface area contributed by atoms with Crippen molar-refractivity contribution in [3.63, 3.8) is 0 Å². The van der Waals surface area contributed by atoms with Gasteiger partial charge in [0.05, 0.1) is 0 Å². The summed E-state index contributed by atoms with van der Waals surface area (Å²) >= 11 is 5.80. The van der Waals surface area contributed by atoms with Crippen molar-refractivity contribution in [3.8, 4) is 0 Å². The molecule has 1 aromatic rings. The normalized spacial score (nSPS) is 15.4. The average molecular weight is 253 g/mol. The Kier molecular flexibility index (Phi) is 4.40. The summed E-state index contributed by atoms with van der Waals surface area (Å²) in [6, 6.07) is 7.73. The van der Waals surface area contributed by atoms with E-state index in [1.807, 2.05) is 24.3 Å². The lowest BCUT2D eigenvalue weighted by Gasteiger charge is -2.26. The van der Waals surface area contributed by atoms with Gasteiger partial charge in [-0.1, -0.05) is 23.7 Å². The largest absolute Gasteiger partial charge is 0.356 e. The molecule has 92 valence electrons. The predicted octanol–water partition coefficient (Wildman–Crippen LogP) is 1.61. The van der Waals surface area contributed by atoms with E-state index < -0.39 is 0 Å². The zero-order valence-electron chi connectivity index (χ0n) is 9.71. The highest BCUT2D eigenvalue weighted by Gasteiger charge is 2.19. The fourth-order valence-corrected chi connectivity index (χ4v) is 1.95. The first kappa shape index (κ1) is 12.4. The van der Waals surface area contributed by atoms with E-state index in [9.17, 15) is 4.79 Å². The molecule has 1 aliphatic heterocycles. The van der Waals surface area contributed by atoms with Crippen molar-refractivity contribution in [2.24, 2.45) is 5.92 Å². The molecule has 1 amide bonds. The van der Waals surface area contributed by atoms with Crippen LogP contribution in [0.4, 0.5) is 0 Å². The van der Waals surface area contributed by atoms with Gasteiger partial charge < -0.3 is 10.6 Å². The molecule has 17 heavy (non-hydrogen) atoms. The van der Waals surface area contributed by atoms with Crippen LogP contribution in [0.15, 0.2) is 24.3 Å². The van der Waals surface area contributed by atoms with Gasteiger partial charge in [-0.25, -0.2) is 0 Å². The monoisotopic (exact) mass is 252 g/mol. The summed E-state index contributed by atoms with van der Waals surface area (Å²) in [6.45, 7) is 2.65. The third-order valence-electron chi connectivity index (χ3n) is 2.99. The smallest absolute Gasteiger partial charge is 0.220 e. The molecule has 1 aromatic carbocycles. The lowest BCUT2D eigenvalue weighted by Crippen LogP contribution is -2.44. The van der Waals surface area contributed by atoms with Gasteiger partial charge in [0.25, 0.3) is 0 Å². The minimum Gasteiger partial charge on any atom is -0.356 e. The second-order valence-corrected chi connectivity index (χ2v) is 4.89. The molecule has 0 spiro atoms. The van der Waals surface area contributed by atoms with Crippen LogP contribution >= 0.6 is 11.6 Å². The molecule has 0 atom stereocenters. The Balaban J connectivity index is 1.64. The molecule has 3 nitrogen and oxygen atoms in total. The molecular formula is C13H17ClN2O. The molecule has 1 saturated heterocycles. The minimum absolute atomic E-state index is 0.158. The van der Waals surface area contributed by atoms with Crippen LogP contribution in [-0.4, -0.2) is 25.5 Å². The first-order valence-electron chi connectivity index (χ1n) is 5.96. The Morgan fingerprint density at radius 1 is 1.35 bits per heavy atom. The van der Waals surface area contributed by atoms with Crippen LogP contribution < -0.4 is 10.6 Å². The Labute approximate surface area is 107 Å². The molecule has 2 rings (SSSR count). The van der Waals surface area contributed by atoms with E-state index in [2.05, 4.69) is 10.6 Å². The quantitative estimate of drug-likeness (QED) is 0.836. The van der Waals surface area contributed by atoms with Crippen molar-refractivity contribution in [2.45, 2.75) is 12.8 Å². The second-order valence-electron chi connectivity index (χ2n) is 4.45. The molecule has 0 aliphatic carbocycles. The molecule has 1 aliphatic rings. The number of carbonyl (C=O) groups is 1. The summed E-state index contributed by atoms with van der Waals surface area (Å²) in [5.41, 5.74) is 1.19. The van der Waals surface area contributed by atoms with E-state index in [4.69, 9.17) is 11.6 Å². The van der Waals surface area contributed by atoms with Crippen LogP contribution in [0.2, 0.25) is 5.02 Å². The maximum Gasteiger partial charge on any atom is 0.220 e. The van der Waals surface area contributed by atoms with E-state index in [1.165, 1.54) is 5.56 Å². The van der Waals surface area contributed by atoms with Crippen LogP contribution in [0.5, 0.6) is 0 Å². The van der Waals surface area contributed by atoms with Gasteiger partial charge in [0.2, 0.25) is 5.91 Å². The summed E-state index contributed by atoms with van der Waals surface area (Å²) in [7, 11) is 0. The Morgan fingerprint density at radius 2 is 2.06 bits per heavy atom. The number of hydrogen-bond acceptors (Lipinski definition) is 2. The number of hydrogen-bond donors (Lipinski definition) is 2. The number of benzene rings is 1. The van der Waals surface area contributed by atoms with Gasteiger partial charge >= 0.3 is 0 Å². The van der Waals surface area contributed by atoms with Crippen LogP contribution in [0.25, 0.3) is 0 Å². The molecule has 2 N–H and O–H groups in total. The highest BCUT2D eigenvalue weighted by Crippen LogP contribution is 2.10. The van der Waals surface area contributed by atoms with Gasteiger partial charge in [0.1, 0.15) is 0 Å². The summed E-state index contributed by atoms with van der Waals surface area (Å²) in [5, 5.41) is 6.85. The minimum atomic E-state index is 0.158. The Morgan fingerprint density at radius 3 is 2.65 bits per heavy atom. The maximum absolute atomic E-state index is 11.5. The third kappa shape index (κ3) is 4.02. The van der Waals surface area contributed by atoms with Crippen LogP contribution in [-0.2, 0) is 11.2 Å². The summed E-state index contributed by atoms with van der Waals surface area (Å²) in [4.78, 5) is 11.5. The molecular weight excluding hydrogens is 236 g/mol. The average Bonchev–Trinajstić information content (AvgIpc) is 2.26. The van der Waals surface area contributed by atoms with Crippen LogP contribution in [0.1, 0.15) is 12.0 Å². The third-order valence-corrected chi connectivity index (χ3v) is 3.24. The van der Waals surface area contributed by atoms with Crippen molar-refractivity contribution in [1.29, 1.82) is 0 Å². The molecule has 0 bridgehead atoms. The number of carbonyl (C=O) groups excluding carboxylic acids is 1. The highest BCUT2D eigenvalue weighted by atomic mass is 35.5. The standard InChI is InChI=1S/C13H17ClN2O/c14-12-3-1-10(2-4-12)5-6-16-13(17)7-11-8-15-9-11/h1-4,11,15H,5-9H2,(H,16,17). The highest BCUT2D eigenvalue weighted by molar-refractivity contribution is 6.30. The molecule has 0 aromatic heterocycles. The van der Waals surface area contributed by atoms with Gasteiger partial charge in [0.15, 0.2) is 0 Å². The summed E-state index contributed by atoms with van der Waals surface area (Å²) in [6.07, 6.45) is 1.50. The number of rotatable bonds is 5. The number of amides is 1. The molecule has 1 heterocycles. The summed E-state index contributed by atoms with van der Waals surface area (Å²) in [5.74, 6) is 0.691. The zero-order valence-corrected chi connectivity index (χ0v) is 10.5. The van der Waals surface area contributed by atoms with Crippen molar-refractivity contribution in [2.75, 3.05) is 19.6 Å². The van der Waals surface area contributed by atoms with Gasteiger partial charge in [0, 0.05) is 18.0 Å². The fraction of sp³-hybridized carbons (Fsp3) is 0.462. The first-order valence-corrected chi connectivity index (χ1v) is 6.33. The first-order chi connectivity index (χ1) is 8.24. The molecule has 0 radical (unpaired) electrons. The lowest BCUT2D eigenvalue weighted by molar-refractivity contribution is -0.122. The molecule has 0 unspecified atom stereocenters. The topological polar surface area (TPSA) is 41.1 Å². The molecule has 1 fully saturated rings. The van der Waals surface area contributed by atoms with Gasteiger partial charge in [-0.2, -0.15) is 0 Å². The number of nitrogens with one attached hydrogen (secondary N) is 2. The van der Waals surface area contributed by atoms with Crippen LogP contribution in [0, 0.1) is 5.92 Å². The Bertz CT molecular complexity index is 374. The molecule has 0 saturated carbocycles. The van der Waals surface area contributed by atoms with Crippen LogP contribution in [0.3, 0.4) is 0 Å².